The fourth-order valence-electron chi connectivity index (χ4n) is 1.58. The highest BCUT2D eigenvalue weighted by atomic mass is 32.1. The molecular formula is C13H19N3O3S. The summed E-state index contributed by atoms with van der Waals surface area (Å²) in [6.07, 6.45) is 1.61. The predicted octanol–water partition coefficient (Wildman–Crippen LogP) is 0.732. The number of esters is 1. The molecule has 0 saturated carbocycles. The van der Waals surface area contributed by atoms with Gasteiger partial charge in [-0.1, -0.05) is 12.2 Å². The monoisotopic (exact) mass is 297 g/mol. The summed E-state index contributed by atoms with van der Waals surface area (Å²) >= 11 is 4.94. The lowest BCUT2D eigenvalue weighted by Gasteiger charge is -2.22. The van der Waals surface area contributed by atoms with Gasteiger partial charge in [0.15, 0.2) is 0 Å². The van der Waals surface area contributed by atoms with Gasteiger partial charge >= 0.3 is 5.97 Å². The van der Waals surface area contributed by atoms with Gasteiger partial charge in [0.2, 0.25) is 0 Å². The van der Waals surface area contributed by atoms with Crippen molar-refractivity contribution in [3.63, 3.8) is 0 Å². The molecule has 0 bridgehead atoms. The van der Waals surface area contributed by atoms with Crippen molar-refractivity contribution in [2.75, 3.05) is 38.3 Å². The van der Waals surface area contributed by atoms with E-state index in [1.54, 1.807) is 37.3 Å². The molecule has 0 amide bonds. The number of ether oxygens (including phenoxy) is 2. The Balaban J connectivity index is 2.88. The minimum atomic E-state index is -0.314. The van der Waals surface area contributed by atoms with Gasteiger partial charge in [-0.3, -0.25) is 4.79 Å². The molecule has 0 aliphatic rings. The van der Waals surface area contributed by atoms with E-state index in [0.717, 1.165) is 0 Å². The lowest BCUT2D eigenvalue weighted by atomic mass is 10.2. The Morgan fingerprint density at radius 3 is 2.90 bits per heavy atom. The van der Waals surface area contributed by atoms with Gasteiger partial charge in [-0.2, -0.15) is 0 Å². The SMILES string of the molecule is CCOC(=O)CN(CCOC)c1cc(C(N)=S)ccn1. The molecule has 1 rings (SSSR count). The number of anilines is 1. The molecule has 0 unspecified atom stereocenters. The van der Waals surface area contributed by atoms with Crippen LogP contribution in [0.1, 0.15) is 12.5 Å². The Kier molecular flexibility index (Phi) is 6.89. The van der Waals surface area contributed by atoms with Gasteiger partial charge in [0.1, 0.15) is 17.4 Å². The van der Waals surface area contributed by atoms with Crippen LogP contribution in [0.15, 0.2) is 18.3 Å². The first kappa shape index (κ1) is 16.3. The molecule has 7 heteroatoms. The molecule has 0 aromatic carbocycles. The number of nitrogens with two attached hydrogens (primary N) is 1. The first-order valence-electron chi connectivity index (χ1n) is 6.23. The first-order valence-corrected chi connectivity index (χ1v) is 6.64. The van der Waals surface area contributed by atoms with Crippen LogP contribution in [-0.4, -0.2) is 49.4 Å². The summed E-state index contributed by atoms with van der Waals surface area (Å²) in [5, 5.41) is 0. The summed E-state index contributed by atoms with van der Waals surface area (Å²) < 4.78 is 9.99. The minimum absolute atomic E-state index is 0.102. The molecule has 0 fully saturated rings. The topological polar surface area (TPSA) is 77.7 Å². The number of carbonyl (C=O) groups excluding carboxylic acids is 1. The summed E-state index contributed by atoms with van der Waals surface area (Å²) in [7, 11) is 1.60. The van der Waals surface area contributed by atoms with Gasteiger partial charge < -0.3 is 20.1 Å². The van der Waals surface area contributed by atoms with Gasteiger partial charge in [0.25, 0.3) is 0 Å². The lowest BCUT2D eigenvalue weighted by molar-refractivity contribution is -0.141. The Morgan fingerprint density at radius 1 is 1.55 bits per heavy atom. The third kappa shape index (κ3) is 5.10. The Labute approximate surface area is 123 Å². The molecule has 1 aromatic rings. The number of hydrogen-bond acceptors (Lipinski definition) is 6. The first-order chi connectivity index (χ1) is 9.58. The van der Waals surface area contributed by atoms with E-state index < -0.39 is 0 Å². The fourth-order valence-corrected chi connectivity index (χ4v) is 1.71. The van der Waals surface area contributed by atoms with E-state index in [0.29, 0.717) is 31.1 Å². The highest BCUT2D eigenvalue weighted by Gasteiger charge is 2.14. The van der Waals surface area contributed by atoms with Crippen molar-refractivity contribution < 1.29 is 14.3 Å². The van der Waals surface area contributed by atoms with E-state index in [9.17, 15) is 4.79 Å². The maximum Gasteiger partial charge on any atom is 0.325 e. The van der Waals surface area contributed by atoms with E-state index in [2.05, 4.69) is 4.98 Å². The van der Waals surface area contributed by atoms with E-state index >= 15 is 0 Å². The molecule has 0 spiro atoms. The van der Waals surface area contributed by atoms with Crippen molar-refractivity contribution in [3.8, 4) is 0 Å². The quantitative estimate of drug-likeness (QED) is 0.560. The van der Waals surface area contributed by atoms with Crippen molar-refractivity contribution in [1.29, 1.82) is 0 Å². The molecule has 0 aliphatic carbocycles. The van der Waals surface area contributed by atoms with Gasteiger partial charge in [-0.05, 0) is 19.1 Å². The fraction of sp³-hybridized carbons (Fsp3) is 0.462. The molecule has 0 saturated heterocycles. The third-order valence-corrected chi connectivity index (χ3v) is 2.78. The number of rotatable bonds is 8. The Hall–Kier alpha value is -1.73. The van der Waals surface area contributed by atoms with Crippen LogP contribution >= 0.6 is 12.2 Å². The van der Waals surface area contributed by atoms with Crippen LogP contribution in [0.3, 0.4) is 0 Å². The van der Waals surface area contributed by atoms with Crippen molar-refractivity contribution >= 4 is 29.0 Å². The molecule has 2 N–H and O–H groups in total. The van der Waals surface area contributed by atoms with Gasteiger partial charge in [-0.25, -0.2) is 4.98 Å². The number of aromatic nitrogens is 1. The zero-order valence-electron chi connectivity index (χ0n) is 11.7. The van der Waals surface area contributed by atoms with Gasteiger partial charge in [-0.15, -0.1) is 0 Å². The van der Waals surface area contributed by atoms with E-state index in [1.807, 2.05) is 0 Å². The number of methoxy groups -OCH3 is 1. The molecule has 110 valence electrons. The third-order valence-electron chi connectivity index (χ3n) is 2.54. The van der Waals surface area contributed by atoms with E-state index in [4.69, 9.17) is 27.4 Å². The number of pyridine rings is 1. The molecule has 6 nitrogen and oxygen atoms in total. The van der Waals surface area contributed by atoms with Crippen molar-refractivity contribution in [2.45, 2.75) is 6.92 Å². The second-order valence-corrected chi connectivity index (χ2v) is 4.43. The molecule has 1 heterocycles. The van der Waals surface area contributed by atoms with Crippen LogP contribution in [0.5, 0.6) is 0 Å². The van der Waals surface area contributed by atoms with Crippen LogP contribution in [0.2, 0.25) is 0 Å². The van der Waals surface area contributed by atoms with E-state index in [1.165, 1.54) is 0 Å². The normalized spacial score (nSPS) is 10.1. The number of nitrogens with zero attached hydrogens (tertiary/aromatic N) is 2. The minimum Gasteiger partial charge on any atom is -0.465 e. The van der Waals surface area contributed by atoms with Crippen LogP contribution in [-0.2, 0) is 14.3 Å². The van der Waals surface area contributed by atoms with Crippen LogP contribution in [0.4, 0.5) is 5.82 Å². The molecular weight excluding hydrogens is 278 g/mol. The molecule has 0 radical (unpaired) electrons. The zero-order valence-corrected chi connectivity index (χ0v) is 12.5. The van der Waals surface area contributed by atoms with Crippen molar-refractivity contribution in [1.82, 2.24) is 4.98 Å². The maximum absolute atomic E-state index is 11.6. The van der Waals surface area contributed by atoms with Crippen molar-refractivity contribution in [3.05, 3.63) is 23.9 Å². The van der Waals surface area contributed by atoms with Crippen LogP contribution in [0, 0.1) is 0 Å². The standard InChI is InChI=1S/C13H19N3O3S/c1-3-19-12(17)9-16(6-7-18-2)11-8-10(13(14)20)4-5-15-11/h4-5,8H,3,6-7,9H2,1-2H3,(H2,14,20). The average molecular weight is 297 g/mol. The number of thiocarbonyl (C=S) groups is 1. The number of carbonyl (C=O) groups is 1. The predicted molar refractivity (Wildman–Crippen MR) is 80.8 cm³/mol. The molecule has 20 heavy (non-hydrogen) atoms. The van der Waals surface area contributed by atoms with Crippen LogP contribution < -0.4 is 10.6 Å². The Morgan fingerprint density at radius 2 is 2.30 bits per heavy atom. The van der Waals surface area contributed by atoms with E-state index in [-0.39, 0.29) is 17.5 Å². The maximum atomic E-state index is 11.6. The highest BCUT2D eigenvalue weighted by Crippen LogP contribution is 2.12. The van der Waals surface area contributed by atoms with Crippen molar-refractivity contribution in [2.24, 2.45) is 5.73 Å². The number of hydrogen-bond donors (Lipinski definition) is 1. The highest BCUT2D eigenvalue weighted by molar-refractivity contribution is 7.80. The van der Waals surface area contributed by atoms with Gasteiger partial charge in [0.05, 0.1) is 13.2 Å². The Bertz CT molecular complexity index is 468. The second kappa shape index (κ2) is 8.44. The average Bonchev–Trinajstić information content (AvgIpc) is 2.43. The lowest BCUT2D eigenvalue weighted by Crippen LogP contribution is -2.34. The summed E-state index contributed by atoms with van der Waals surface area (Å²) in [6, 6.07) is 3.47. The summed E-state index contributed by atoms with van der Waals surface area (Å²) in [5.41, 5.74) is 6.31. The molecule has 1 aromatic heterocycles. The molecule has 0 aliphatic heterocycles. The smallest absolute Gasteiger partial charge is 0.325 e. The summed E-state index contributed by atoms with van der Waals surface area (Å²) in [5.74, 6) is 0.298. The van der Waals surface area contributed by atoms with Gasteiger partial charge in [0, 0.05) is 25.4 Å². The summed E-state index contributed by atoms with van der Waals surface area (Å²) in [6.45, 7) is 3.20. The summed E-state index contributed by atoms with van der Waals surface area (Å²) in [4.78, 5) is 17.9. The van der Waals surface area contributed by atoms with Crippen LogP contribution in [0.25, 0.3) is 0 Å². The largest absolute Gasteiger partial charge is 0.465 e. The zero-order chi connectivity index (χ0) is 15.0. The molecule has 0 atom stereocenters. The second-order valence-electron chi connectivity index (χ2n) is 3.99.